The molecule has 2 aromatic rings. The van der Waals surface area contributed by atoms with Crippen molar-refractivity contribution in [3.05, 3.63) is 22.1 Å². The lowest BCUT2D eigenvalue weighted by Gasteiger charge is -2.28. The molecule has 0 bridgehead atoms. The number of nitrogens with one attached hydrogen (secondary N) is 1. The van der Waals surface area contributed by atoms with Crippen LogP contribution in [0.4, 0.5) is 0 Å². The fraction of sp³-hybridized carbons (Fsp3) is 0.600. The maximum Gasteiger partial charge on any atom is 0.179 e. The van der Waals surface area contributed by atoms with Crippen LogP contribution in [-0.4, -0.2) is 15.0 Å². The zero-order chi connectivity index (χ0) is 14.3. The normalized spacial score (nSPS) is 18.2. The van der Waals surface area contributed by atoms with Gasteiger partial charge in [0.05, 0.1) is 10.5 Å². The Morgan fingerprint density at radius 3 is 2.60 bits per heavy atom. The van der Waals surface area contributed by atoms with Gasteiger partial charge in [0, 0.05) is 5.41 Å². The van der Waals surface area contributed by atoms with E-state index >= 15 is 0 Å². The molecule has 0 unspecified atom stereocenters. The molecule has 5 heteroatoms. The Morgan fingerprint density at radius 2 is 1.95 bits per heavy atom. The SMILES string of the molecule is CC(C)CC1(c2nc3nc(Cl)c(Cl)cc3[nH]2)CCCC1. The lowest BCUT2D eigenvalue weighted by molar-refractivity contribution is 0.332. The largest absolute Gasteiger partial charge is 0.340 e. The highest BCUT2D eigenvalue weighted by Gasteiger charge is 2.38. The van der Waals surface area contributed by atoms with Gasteiger partial charge in [-0.1, -0.05) is 49.9 Å². The average Bonchev–Trinajstić information content (AvgIpc) is 2.97. The molecule has 3 rings (SSSR count). The van der Waals surface area contributed by atoms with Crippen molar-refractivity contribution in [1.29, 1.82) is 0 Å². The van der Waals surface area contributed by atoms with Crippen LogP contribution in [0.1, 0.15) is 51.8 Å². The molecule has 0 aliphatic heterocycles. The van der Waals surface area contributed by atoms with E-state index in [0.29, 0.717) is 21.7 Å². The number of halogens is 2. The highest BCUT2D eigenvalue weighted by molar-refractivity contribution is 6.41. The first kappa shape index (κ1) is 14.2. The fourth-order valence-corrected chi connectivity index (χ4v) is 3.80. The molecule has 108 valence electrons. The number of imidazole rings is 1. The smallest absolute Gasteiger partial charge is 0.179 e. The third-order valence-corrected chi connectivity index (χ3v) is 4.92. The summed E-state index contributed by atoms with van der Waals surface area (Å²) in [6.45, 7) is 4.55. The van der Waals surface area contributed by atoms with Crippen LogP contribution >= 0.6 is 23.2 Å². The van der Waals surface area contributed by atoms with Crippen LogP contribution in [-0.2, 0) is 5.41 Å². The van der Waals surface area contributed by atoms with Crippen molar-refractivity contribution < 1.29 is 0 Å². The highest BCUT2D eigenvalue weighted by Crippen LogP contribution is 2.44. The highest BCUT2D eigenvalue weighted by atomic mass is 35.5. The summed E-state index contributed by atoms with van der Waals surface area (Å²) in [7, 11) is 0. The van der Waals surface area contributed by atoms with Gasteiger partial charge in [-0.15, -0.1) is 0 Å². The third-order valence-electron chi connectivity index (χ3n) is 4.25. The molecule has 0 aromatic carbocycles. The van der Waals surface area contributed by atoms with Crippen LogP contribution in [0.2, 0.25) is 10.2 Å². The molecule has 1 N–H and O–H groups in total. The molecule has 3 nitrogen and oxygen atoms in total. The number of aromatic nitrogens is 3. The van der Waals surface area contributed by atoms with Crippen LogP contribution in [0.25, 0.3) is 11.2 Å². The molecule has 1 saturated carbocycles. The maximum absolute atomic E-state index is 6.03. The first-order chi connectivity index (χ1) is 9.50. The van der Waals surface area contributed by atoms with Gasteiger partial charge in [-0.25, -0.2) is 9.97 Å². The predicted octanol–water partition coefficient (Wildman–Crippen LogP) is 5.12. The van der Waals surface area contributed by atoms with Crippen LogP contribution in [0.5, 0.6) is 0 Å². The molecule has 0 atom stereocenters. The molecule has 0 spiro atoms. The standard InChI is InChI=1S/C15H19Cl2N3/c1-9(2)8-15(5-3-4-6-15)14-18-11-7-10(16)12(17)19-13(11)20-14/h7,9H,3-6,8H2,1-2H3,(H,18,19,20). The van der Waals surface area contributed by atoms with Crippen molar-refractivity contribution in [2.75, 3.05) is 0 Å². The summed E-state index contributed by atoms with van der Waals surface area (Å²) >= 11 is 12.0. The quantitative estimate of drug-likeness (QED) is 0.799. The monoisotopic (exact) mass is 311 g/mol. The summed E-state index contributed by atoms with van der Waals surface area (Å²) < 4.78 is 0. The molecule has 1 fully saturated rings. The topological polar surface area (TPSA) is 41.6 Å². The Hall–Kier alpha value is -0.800. The van der Waals surface area contributed by atoms with Crippen LogP contribution in [0.3, 0.4) is 0 Å². The van der Waals surface area contributed by atoms with Crippen molar-refractivity contribution in [2.45, 2.75) is 51.4 Å². The molecule has 0 radical (unpaired) electrons. The van der Waals surface area contributed by atoms with E-state index in [1.165, 1.54) is 25.7 Å². The predicted molar refractivity (Wildman–Crippen MR) is 83.5 cm³/mol. The van der Waals surface area contributed by atoms with Crippen molar-refractivity contribution in [2.24, 2.45) is 5.92 Å². The van der Waals surface area contributed by atoms with Gasteiger partial charge in [0.25, 0.3) is 0 Å². The summed E-state index contributed by atoms with van der Waals surface area (Å²) in [4.78, 5) is 12.4. The van der Waals surface area contributed by atoms with Gasteiger partial charge >= 0.3 is 0 Å². The van der Waals surface area contributed by atoms with Gasteiger partial charge in [0.1, 0.15) is 11.0 Å². The van der Waals surface area contributed by atoms with Crippen molar-refractivity contribution >= 4 is 34.4 Å². The van der Waals surface area contributed by atoms with E-state index in [1.54, 1.807) is 0 Å². The van der Waals surface area contributed by atoms with Crippen LogP contribution in [0, 0.1) is 5.92 Å². The second-order valence-corrected chi connectivity index (χ2v) is 7.07. The number of rotatable bonds is 3. The number of hydrogen-bond donors (Lipinski definition) is 1. The van der Waals surface area contributed by atoms with Gasteiger partial charge in [0.15, 0.2) is 5.65 Å². The lowest BCUT2D eigenvalue weighted by atomic mass is 9.78. The molecule has 0 amide bonds. The Morgan fingerprint density at radius 1 is 1.25 bits per heavy atom. The molecule has 20 heavy (non-hydrogen) atoms. The fourth-order valence-electron chi connectivity index (χ4n) is 3.52. The lowest BCUT2D eigenvalue weighted by Crippen LogP contribution is -2.25. The van der Waals surface area contributed by atoms with Crippen LogP contribution < -0.4 is 0 Å². The minimum absolute atomic E-state index is 0.174. The molecule has 1 aliphatic carbocycles. The Balaban J connectivity index is 2.07. The Kier molecular flexibility index (Phi) is 3.67. The van der Waals surface area contributed by atoms with Gasteiger partial charge in [-0.3, -0.25) is 0 Å². The van der Waals surface area contributed by atoms with Gasteiger partial charge < -0.3 is 4.98 Å². The maximum atomic E-state index is 6.03. The zero-order valence-corrected chi connectivity index (χ0v) is 13.4. The summed E-state index contributed by atoms with van der Waals surface area (Å²) in [5.74, 6) is 1.71. The van der Waals surface area contributed by atoms with E-state index < -0.39 is 0 Å². The molecule has 0 saturated heterocycles. The van der Waals surface area contributed by atoms with Crippen molar-refractivity contribution in [3.8, 4) is 0 Å². The molecule has 2 aromatic heterocycles. The zero-order valence-electron chi connectivity index (χ0n) is 11.8. The van der Waals surface area contributed by atoms with Gasteiger partial charge in [0.2, 0.25) is 0 Å². The number of pyridine rings is 1. The van der Waals surface area contributed by atoms with E-state index in [4.69, 9.17) is 28.2 Å². The summed E-state index contributed by atoms with van der Waals surface area (Å²) in [5, 5.41) is 0.792. The first-order valence-electron chi connectivity index (χ1n) is 7.22. The summed E-state index contributed by atoms with van der Waals surface area (Å²) in [5.41, 5.74) is 1.72. The van der Waals surface area contributed by atoms with Gasteiger partial charge in [-0.2, -0.15) is 0 Å². The third kappa shape index (κ3) is 2.42. The van der Waals surface area contributed by atoms with Crippen LogP contribution in [0.15, 0.2) is 6.07 Å². The number of H-pyrrole nitrogens is 1. The van der Waals surface area contributed by atoms with Gasteiger partial charge in [-0.05, 0) is 31.2 Å². The second-order valence-electron chi connectivity index (χ2n) is 6.30. The first-order valence-corrected chi connectivity index (χ1v) is 7.98. The minimum Gasteiger partial charge on any atom is -0.340 e. The van der Waals surface area contributed by atoms with Crippen molar-refractivity contribution in [3.63, 3.8) is 0 Å². The summed E-state index contributed by atoms with van der Waals surface area (Å²) in [6.07, 6.45) is 6.12. The van der Waals surface area contributed by atoms with E-state index in [1.807, 2.05) is 6.07 Å². The van der Waals surface area contributed by atoms with E-state index in [9.17, 15) is 0 Å². The second kappa shape index (κ2) is 5.19. The van der Waals surface area contributed by atoms with E-state index in [2.05, 4.69) is 23.8 Å². The van der Waals surface area contributed by atoms with E-state index in [0.717, 1.165) is 17.8 Å². The number of nitrogens with zero attached hydrogens (tertiary/aromatic N) is 2. The Labute approximate surface area is 129 Å². The van der Waals surface area contributed by atoms with E-state index in [-0.39, 0.29) is 5.41 Å². The molecular formula is C15H19Cl2N3. The number of hydrogen-bond acceptors (Lipinski definition) is 2. The number of aromatic amines is 1. The minimum atomic E-state index is 0.174. The number of fused-ring (bicyclic) bond motifs is 1. The van der Waals surface area contributed by atoms with Crippen molar-refractivity contribution in [1.82, 2.24) is 15.0 Å². The Bertz CT molecular complexity index is 588. The average molecular weight is 312 g/mol. The molecular weight excluding hydrogens is 293 g/mol. The molecule has 2 heterocycles. The molecule has 1 aliphatic rings. The summed E-state index contributed by atoms with van der Waals surface area (Å²) in [6, 6.07) is 1.82.